The second-order valence-electron chi connectivity index (χ2n) is 6.37. The number of benzene rings is 2. The molecule has 0 aromatic heterocycles. The molecule has 0 saturated carbocycles. The average Bonchev–Trinajstić information content (AvgIpc) is 2.85. The first-order valence-electron chi connectivity index (χ1n) is 8.30. The zero-order chi connectivity index (χ0) is 21.3. The van der Waals surface area contributed by atoms with Gasteiger partial charge in [-0.25, -0.2) is 13.6 Å². The summed E-state index contributed by atoms with van der Waals surface area (Å²) >= 11 is 0. The molecule has 10 heteroatoms. The largest absolute Gasteiger partial charge is 0.435 e. The van der Waals surface area contributed by atoms with Crippen LogP contribution >= 0.6 is 0 Å². The van der Waals surface area contributed by atoms with E-state index < -0.39 is 53.6 Å². The van der Waals surface area contributed by atoms with Crippen molar-refractivity contribution in [2.24, 2.45) is 0 Å². The molecule has 2 aromatic rings. The predicted octanol–water partition coefficient (Wildman–Crippen LogP) is 3.22. The van der Waals surface area contributed by atoms with Gasteiger partial charge in [0.1, 0.15) is 22.9 Å². The number of Topliss-reactive ketones (excluding diaryl/α,β-unsaturated/α-hetero) is 1. The van der Waals surface area contributed by atoms with Crippen molar-refractivity contribution in [2.75, 3.05) is 6.54 Å². The molecule has 0 bridgehead atoms. The van der Waals surface area contributed by atoms with Crippen LogP contribution in [0.15, 0.2) is 42.5 Å². The van der Waals surface area contributed by atoms with Crippen LogP contribution < -0.4 is 10.1 Å². The second kappa shape index (κ2) is 7.53. The minimum absolute atomic E-state index is 0.0258. The highest BCUT2D eigenvalue weighted by atomic mass is 19.3. The number of ketones is 1. The number of imide groups is 1. The van der Waals surface area contributed by atoms with Gasteiger partial charge in [-0.2, -0.15) is 8.78 Å². The van der Waals surface area contributed by atoms with Crippen LogP contribution in [0.1, 0.15) is 22.8 Å². The van der Waals surface area contributed by atoms with E-state index in [-0.39, 0.29) is 11.3 Å². The lowest BCUT2D eigenvalue weighted by molar-refractivity contribution is -0.130. The fourth-order valence-corrected chi connectivity index (χ4v) is 3.04. The van der Waals surface area contributed by atoms with E-state index in [1.807, 2.05) is 0 Å². The fraction of sp³-hybridized carbons (Fsp3) is 0.211. The minimum atomic E-state index is -3.03. The molecule has 2 aromatic carbocycles. The number of carbonyl (C=O) groups is 3. The maximum Gasteiger partial charge on any atom is 0.387 e. The van der Waals surface area contributed by atoms with Gasteiger partial charge in [0.05, 0.1) is 12.1 Å². The number of carbonyl (C=O) groups excluding carboxylic acids is 3. The number of alkyl halides is 2. The summed E-state index contributed by atoms with van der Waals surface area (Å²) in [5, 5.41) is 2.22. The predicted molar refractivity (Wildman–Crippen MR) is 91.4 cm³/mol. The molecule has 1 aliphatic rings. The summed E-state index contributed by atoms with van der Waals surface area (Å²) in [6.07, 6.45) is 0. The molecule has 1 heterocycles. The van der Waals surface area contributed by atoms with Crippen molar-refractivity contribution < 1.29 is 36.7 Å². The van der Waals surface area contributed by atoms with E-state index in [1.54, 1.807) is 0 Å². The molecule has 29 heavy (non-hydrogen) atoms. The second-order valence-corrected chi connectivity index (χ2v) is 6.37. The molecule has 0 aliphatic carbocycles. The molecule has 3 rings (SSSR count). The van der Waals surface area contributed by atoms with E-state index in [2.05, 4.69) is 10.1 Å². The Morgan fingerprint density at radius 2 is 1.69 bits per heavy atom. The molecular weight excluding hydrogens is 396 g/mol. The van der Waals surface area contributed by atoms with Crippen LogP contribution in [0.3, 0.4) is 0 Å². The van der Waals surface area contributed by atoms with E-state index in [4.69, 9.17) is 0 Å². The number of ether oxygens (including phenoxy) is 1. The standard InChI is InChI=1S/C19H14F4N2O4/c1-19(15-12(20)3-2-4-13(15)21)16(27)25(18(28)24-19)9-14(26)10-5-7-11(8-6-10)29-17(22)23/h2-8,17H,9H2,1H3,(H,24,28). The maximum absolute atomic E-state index is 14.1. The van der Waals surface area contributed by atoms with Crippen molar-refractivity contribution in [3.63, 3.8) is 0 Å². The van der Waals surface area contributed by atoms with Crippen molar-refractivity contribution in [3.05, 3.63) is 65.2 Å². The molecule has 1 saturated heterocycles. The average molecular weight is 410 g/mol. The maximum atomic E-state index is 14.1. The van der Waals surface area contributed by atoms with Gasteiger partial charge >= 0.3 is 12.6 Å². The van der Waals surface area contributed by atoms with Gasteiger partial charge in [0.15, 0.2) is 5.78 Å². The summed E-state index contributed by atoms with van der Waals surface area (Å²) in [7, 11) is 0. The third-order valence-corrected chi connectivity index (χ3v) is 4.44. The Kier molecular flexibility index (Phi) is 5.27. The minimum Gasteiger partial charge on any atom is -0.435 e. The van der Waals surface area contributed by atoms with Crippen LogP contribution in [0.2, 0.25) is 0 Å². The lowest BCUT2D eigenvalue weighted by Gasteiger charge is -2.23. The van der Waals surface area contributed by atoms with Gasteiger partial charge in [-0.1, -0.05) is 6.07 Å². The molecule has 0 spiro atoms. The van der Waals surface area contributed by atoms with Crippen molar-refractivity contribution in [1.82, 2.24) is 10.2 Å². The van der Waals surface area contributed by atoms with Crippen molar-refractivity contribution in [1.29, 1.82) is 0 Å². The Morgan fingerprint density at radius 1 is 1.10 bits per heavy atom. The van der Waals surface area contributed by atoms with Gasteiger partial charge in [-0.15, -0.1) is 0 Å². The molecule has 1 fully saturated rings. The number of amides is 3. The first kappa shape index (κ1) is 20.3. The molecule has 6 nitrogen and oxygen atoms in total. The van der Waals surface area contributed by atoms with Crippen LogP contribution in [0, 0.1) is 11.6 Å². The van der Waals surface area contributed by atoms with E-state index in [0.29, 0.717) is 4.90 Å². The summed E-state index contributed by atoms with van der Waals surface area (Å²) < 4.78 is 56.8. The van der Waals surface area contributed by atoms with E-state index in [0.717, 1.165) is 37.3 Å². The Bertz CT molecular complexity index is 960. The van der Waals surface area contributed by atoms with Gasteiger partial charge in [0.2, 0.25) is 0 Å². The monoisotopic (exact) mass is 410 g/mol. The number of urea groups is 1. The van der Waals surface area contributed by atoms with Crippen LogP contribution in [-0.2, 0) is 10.3 Å². The smallest absolute Gasteiger partial charge is 0.387 e. The number of rotatable bonds is 6. The number of halogens is 4. The zero-order valence-electron chi connectivity index (χ0n) is 14.9. The summed E-state index contributed by atoms with van der Waals surface area (Å²) in [5.74, 6) is -3.91. The number of hydrogen-bond acceptors (Lipinski definition) is 4. The molecule has 1 N–H and O–H groups in total. The highest BCUT2D eigenvalue weighted by Gasteiger charge is 2.52. The van der Waals surface area contributed by atoms with E-state index in [9.17, 15) is 31.9 Å². The van der Waals surface area contributed by atoms with Gasteiger partial charge in [-0.3, -0.25) is 14.5 Å². The first-order chi connectivity index (χ1) is 13.6. The third-order valence-electron chi connectivity index (χ3n) is 4.44. The number of hydrogen-bond donors (Lipinski definition) is 1. The summed E-state index contributed by atoms with van der Waals surface area (Å²) in [5.41, 5.74) is -2.64. The molecule has 1 unspecified atom stereocenters. The Balaban J connectivity index is 1.81. The van der Waals surface area contributed by atoms with Crippen LogP contribution in [0.4, 0.5) is 22.4 Å². The number of nitrogens with one attached hydrogen (secondary N) is 1. The van der Waals surface area contributed by atoms with Crippen LogP contribution in [-0.4, -0.2) is 35.8 Å². The molecule has 1 aliphatic heterocycles. The van der Waals surface area contributed by atoms with Crippen molar-refractivity contribution in [2.45, 2.75) is 19.1 Å². The Labute approximate surface area is 162 Å². The summed E-state index contributed by atoms with van der Waals surface area (Å²) in [6, 6.07) is 6.64. The Morgan fingerprint density at radius 3 is 2.24 bits per heavy atom. The first-order valence-corrected chi connectivity index (χ1v) is 8.30. The van der Waals surface area contributed by atoms with Gasteiger partial charge in [0.25, 0.3) is 5.91 Å². The van der Waals surface area contributed by atoms with Crippen LogP contribution in [0.5, 0.6) is 5.75 Å². The third kappa shape index (κ3) is 3.78. The van der Waals surface area contributed by atoms with Gasteiger partial charge in [0, 0.05) is 5.56 Å². The SMILES string of the molecule is CC1(c2c(F)cccc2F)NC(=O)N(CC(=O)c2ccc(OC(F)F)cc2)C1=O. The molecule has 152 valence electrons. The fourth-order valence-electron chi connectivity index (χ4n) is 3.04. The van der Waals surface area contributed by atoms with Gasteiger partial charge in [-0.05, 0) is 43.3 Å². The zero-order valence-corrected chi connectivity index (χ0v) is 14.9. The van der Waals surface area contributed by atoms with Crippen molar-refractivity contribution >= 4 is 17.7 Å². The molecule has 1 atom stereocenters. The summed E-state index contributed by atoms with van der Waals surface area (Å²) in [6.45, 7) is -2.60. The van der Waals surface area contributed by atoms with E-state index >= 15 is 0 Å². The molecule has 3 amide bonds. The quantitative estimate of drug-likeness (QED) is 0.451. The van der Waals surface area contributed by atoms with E-state index in [1.165, 1.54) is 12.1 Å². The normalized spacial score (nSPS) is 18.9. The highest BCUT2D eigenvalue weighted by molar-refractivity contribution is 6.11. The van der Waals surface area contributed by atoms with Gasteiger partial charge < -0.3 is 10.1 Å². The Hall–Kier alpha value is -3.43. The topological polar surface area (TPSA) is 75.7 Å². The lowest BCUT2D eigenvalue weighted by atomic mass is 9.91. The molecule has 0 radical (unpaired) electrons. The molecular formula is C19H14F4N2O4. The van der Waals surface area contributed by atoms with Crippen molar-refractivity contribution in [3.8, 4) is 5.75 Å². The summed E-state index contributed by atoms with van der Waals surface area (Å²) in [4.78, 5) is 37.9. The highest BCUT2D eigenvalue weighted by Crippen LogP contribution is 2.32. The van der Waals surface area contributed by atoms with Crippen LogP contribution in [0.25, 0.3) is 0 Å². The number of nitrogens with zero attached hydrogens (tertiary/aromatic N) is 1. The lowest BCUT2D eigenvalue weighted by Crippen LogP contribution is -2.43.